The molecule has 0 radical (unpaired) electrons. The Bertz CT molecular complexity index is 407. The maximum atomic E-state index is 6.16. The van der Waals surface area contributed by atoms with Crippen LogP contribution in [0.2, 0.25) is 0 Å². The van der Waals surface area contributed by atoms with Crippen LogP contribution < -0.4 is 5.73 Å². The molecule has 20 heavy (non-hydrogen) atoms. The van der Waals surface area contributed by atoms with E-state index in [4.69, 9.17) is 5.73 Å². The lowest BCUT2D eigenvalue weighted by Crippen LogP contribution is -2.39. The van der Waals surface area contributed by atoms with E-state index in [1.807, 2.05) is 0 Å². The fraction of sp³-hybridized carbons (Fsp3) is 0.667. The molecule has 0 atom stereocenters. The summed E-state index contributed by atoms with van der Waals surface area (Å²) in [6.45, 7) is 7.36. The second kappa shape index (κ2) is 8.22. The molecule has 0 aliphatic carbocycles. The van der Waals surface area contributed by atoms with Crippen molar-refractivity contribution in [1.82, 2.24) is 4.90 Å². The molecule has 1 fully saturated rings. The first-order valence-corrected chi connectivity index (χ1v) is 8.06. The van der Waals surface area contributed by atoms with E-state index in [2.05, 4.69) is 41.3 Å². The molecule has 3 nitrogen and oxygen atoms in total. The van der Waals surface area contributed by atoms with Gasteiger partial charge in [0.15, 0.2) is 5.96 Å². The highest BCUT2D eigenvalue weighted by Gasteiger charge is 2.22. The van der Waals surface area contributed by atoms with Gasteiger partial charge < -0.3 is 10.6 Å². The summed E-state index contributed by atoms with van der Waals surface area (Å²) in [6, 6.07) is 4.28. The highest BCUT2D eigenvalue weighted by atomic mass is 127. The number of aliphatic imine (C=N–C) groups is 1. The number of nitrogens with zero attached hydrogens (tertiary/aromatic N) is 2. The number of hydrogen-bond donors (Lipinski definition) is 1. The molecule has 1 aliphatic heterocycles. The first kappa shape index (κ1) is 17.8. The second-order valence-corrected chi connectivity index (χ2v) is 6.88. The van der Waals surface area contributed by atoms with Crippen molar-refractivity contribution in [3.05, 3.63) is 22.4 Å². The number of hydrogen-bond acceptors (Lipinski definition) is 2. The van der Waals surface area contributed by atoms with Crippen molar-refractivity contribution in [1.29, 1.82) is 0 Å². The molecule has 1 aliphatic rings. The van der Waals surface area contributed by atoms with Crippen molar-refractivity contribution in [2.75, 3.05) is 19.6 Å². The highest BCUT2D eigenvalue weighted by Crippen LogP contribution is 2.27. The third kappa shape index (κ3) is 4.91. The molecule has 0 aromatic carbocycles. The largest absolute Gasteiger partial charge is 0.370 e. The van der Waals surface area contributed by atoms with Gasteiger partial charge in [0.2, 0.25) is 0 Å². The topological polar surface area (TPSA) is 41.6 Å². The highest BCUT2D eigenvalue weighted by molar-refractivity contribution is 14.0. The summed E-state index contributed by atoms with van der Waals surface area (Å²) in [7, 11) is 0. The van der Waals surface area contributed by atoms with Gasteiger partial charge in [-0.3, -0.25) is 4.99 Å². The number of likely N-dealkylation sites (tertiary alicyclic amines) is 1. The Morgan fingerprint density at radius 1 is 1.30 bits per heavy atom. The van der Waals surface area contributed by atoms with Crippen LogP contribution in [0, 0.1) is 0 Å². The van der Waals surface area contributed by atoms with Crippen molar-refractivity contribution in [3.63, 3.8) is 0 Å². The first-order chi connectivity index (χ1) is 9.09. The average Bonchev–Trinajstić information content (AvgIpc) is 2.80. The van der Waals surface area contributed by atoms with Gasteiger partial charge in [-0.05, 0) is 24.3 Å². The van der Waals surface area contributed by atoms with Crippen LogP contribution in [-0.2, 0) is 5.41 Å². The fourth-order valence-electron chi connectivity index (χ4n) is 2.42. The van der Waals surface area contributed by atoms with E-state index in [0.29, 0.717) is 0 Å². The molecular weight excluding hydrogens is 381 g/mol. The number of thiophene rings is 1. The van der Waals surface area contributed by atoms with E-state index in [1.54, 1.807) is 11.3 Å². The molecule has 0 spiro atoms. The summed E-state index contributed by atoms with van der Waals surface area (Å²) in [5, 5.41) is 2.12. The molecule has 1 aromatic heterocycles. The minimum absolute atomic E-state index is 0. The summed E-state index contributed by atoms with van der Waals surface area (Å²) in [5.74, 6) is 0.728. The van der Waals surface area contributed by atoms with Gasteiger partial charge in [-0.1, -0.05) is 32.8 Å². The van der Waals surface area contributed by atoms with Gasteiger partial charge in [0, 0.05) is 23.4 Å². The normalized spacial score (nSPS) is 17.5. The minimum Gasteiger partial charge on any atom is -0.370 e. The van der Waals surface area contributed by atoms with Crippen molar-refractivity contribution < 1.29 is 0 Å². The summed E-state index contributed by atoms with van der Waals surface area (Å²) < 4.78 is 0. The van der Waals surface area contributed by atoms with Crippen LogP contribution in [-0.4, -0.2) is 30.5 Å². The van der Waals surface area contributed by atoms with Gasteiger partial charge in [-0.15, -0.1) is 35.3 Å². The van der Waals surface area contributed by atoms with Gasteiger partial charge in [0.25, 0.3) is 0 Å². The molecule has 0 unspecified atom stereocenters. The third-order valence-electron chi connectivity index (χ3n) is 3.75. The molecule has 2 heterocycles. The van der Waals surface area contributed by atoms with E-state index in [-0.39, 0.29) is 29.4 Å². The maximum Gasteiger partial charge on any atom is 0.191 e. The smallest absolute Gasteiger partial charge is 0.191 e. The van der Waals surface area contributed by atoms with Crippen LogP contribution in [0.5, 0.6) is 0 Å². The van der Waals surface area contributed by atoms with Gasteiger partial charge in [-0.2, -0.15) is 0 Å². The number of guanidine groups is 1. The Balaban J connectivity index is 0.00000200. The maximum absolute atomic E-state index is 6.16. The molecule has 114 valence electrons. The van der Waals surface area contributed by atoms with E-state index < -0.39 is 0 Å². The lowest BCUT2D eigenvalue weighted by atomic mass is 9.92. The lowest BCUT2D eigenvalue weighted by molar-refractivity contribution is 0.425. The zero-order valence-electron chi connectivity index (χ0n) is 12.5. The molecule has 5 heteroatoms. The van der Waals surface area contributed by atoms with Crippen LogP contribution >= 0.6 is 35.3 Å². The fourth-order valence-corrected chi connectivity index (χ4v) is 3.26. The van der Waals surface area contributed by atoms with Crippen molar-refractivity contribution in [2.45, 2.75) is 44.9 Å². The number of nitrogens with two attached hydrogens (primary N) is 1. The summed E-state index contributed by atoms with van der Waals surface area (Å²) in [4.78, 5) is 8.27. The standard InChI is InChI=1S/C15H25N3S.HI/c1-15(2,13-8-7-11-19-13)12-17-14(16)18-9-5-3-4-6-10-18;/h7-8,11H,3-6,9-10,12H2,1-2H3,(H2,16,17);1H. The second-order valence-electron chi connectivity index (χ2n) is 5.94. The Labute approximate surface area is 143 Å². The molecular formula is C15H26IN3S. The zero-order chi connectivity index (χ0) is 13.7. The Morgan fingerprint density at radius 3 is 2.50 bits per heavy atom. The average molecular weight is 407 g/mol. The van der Waals surface area contributed by atoms with E-state index in [1.165, 1.54) is 30.6 Å². The van der Waals surface area contributed by atoms with Gasteiger partial charge in [0.1, 0.15) is 0 Å². The van der Waals surface area contributed by atoms with Crippen LogP contribution in [0.15, 0.2) is 22.5 Å². The molecule has 0 saturated carbocycles. The van der Waals surface area contributed by atoms with Crippen molar-refractivity contribution in [3.8, 4) is 0 Å². The van der Waals surface area contributed by atoms with Gasteiger partial charge >= 0.3 is 0 Å². The molecule has 1 saturated heterocycles. The Kier molecular flexibility index (Phi) is 7.29. The van der Waals surface area contributed by atoms with Crippen LogP contribution in [0.25, 0.3) is 0 Å². The van der Waals surface area contributed by atoms with Crippen molar-refractivity contribution in [2.24, 2.45) is 10.7 Å². The van der Waals surface area contributed by atoms with Crippen molar-refractivity contribution >= 4 is 41.3 Å². The molecule has 2 rings (SSSR count). The SMILES string of the molecule is CC(C)(CN=C(N)N1CCCCCC1)c1cccs1.I. The first-order valence-electron chi connectivity index (χ1n) is 7.18. The van der Waals surface area contributed by atoms with E-state index >= 15 is 0 Å². The van der Waals surface area contributed by atoms with E-state index in [0.717, 1.165) is 25.6 Å². The van der Waals surface area contributed by atoms with E-state index in [9.17, 15) is 0 Å². The van der Waals surface area contributed by atoms with Gasteiger partial charge in [-0.25, -0.2) is 0 Å². The quantitative estimate of drug-likeness (QED) is 0.470. The predicted molar refractivity (Wildman–Crippen MR) is 99.3 cm³/mol. The summed E-state index contributed by atoms with van der Waals surface area (Å²) >= 11 is 1.80. The number of halogens is 1. The number of rotatable bonds is 3. The van der Waals surface area contributed by atoms with Gasteiger partial charge in [0.05, 0.1) is 6.54 Å². The lowest BCUT2D eigenvalue weighted by Gasteiger charge is -2.24. The minimum atomic E-state index is 0. The molecule has 1 aromatic rings. The summed E-state index contributed by atoms with van der Waals surface area (Å²) in [6.07, 6.45) is 5.13. The molecule has 0 bridgehead atoms. The molecule has 0 amide bonds. The predicted octanol–water partition coefficient (Wildman–Crippen LogP) is 3.83. The monoisotopic (exact) mass is 407 g/mol. The Hall–Kier alpha value is -0.300. The summed E-state index contributed by atoms with van der Waals surface area (Å²) in [5.41, 5.74) is 6.23. The zero-order valence-corrected chi connectivity index (χ0v) is 15.6. The molecule has 2 N–H and O–H groups in total. The van der Waals surface area contributed by atoms with Crippen LogP contribution in [0.1, 0.15) is 44.4 Å². The third-order valence-corrected chi connectivity index (χ3v) is 4.99. The van der Waals surface area contributed by atoms with Crippen LogP contribution in [0.3, 0.4) is 0 Å². The Morgan fingerprint density at radius 2 is 1.95 bits per heavy atom. The van der Waals surface area contributed by atoms with Crippen LogP contribution in [0.4, 0.5) is 0 Å².